The number of carbonyl (C=O) groups excluding carboxylic acids is 3. The normalized spacial score (nSPS) is 20.2. The van der Waals surface area contributed by atoms with Gasteiger partial charge >= 0.3 is 12.2 Å². The minimum atomic E-state index is -1.18. The molecule has 0 aliphatic carbocycles. The first-order chi connectivity index (χ1) is 25.1. The van der Waals surface area contributed by atoms with Crippen LogP contribution in [0.4, 0.5) is 9.59 Å². The Hall–Kier alpha value is -4.56. The maximum absolute atomic E-state index is 14.0. The molecule has 6 atom stereocenters. The number of carbonyl (C=O) groups is 3. The molecule has 2 aromatic carbocycles. The van der Waals surface area contributed by atoms with Gasteiger partial charge in [0.25, 0.3) is 5.91 Å². The van der Waals surface area contributed by atoms with Crippen LogP contribution in [0.1, 0.15) is 59.1 Å². The predicted octanol–water partition coefficient (Wildman–Crippen LogP) is 4.98. The smallest absolute Gasteiger partial charge is 0.408 e. The van der Waals surface area contributed by atoms with Gasteiger partial charge in [-0.25, -0.2) is 14.6 Å². The standard InChI is InChI=1S/C40H53N5O8/c1-39(2,3)34(43-38(49)53-40(4,5)6)35(47)44-45(23-27-15-17-28(18-16-27)30-14-10-11-20-41-30)24-32(46)31(22-26-12-8-7-9-13-26)42-37(48)52-33-25-51-36-29(33)19-21-50-36/h7-18,20,29,31-34,36,46H,19,21-25H2,1-6H3,(H,42,48)(H,43,49)(H,44,47). The van der Waals surface area contributed by atoms with E-state index in [1.54, 1.807) is 32.0 Å². The molecule has 3 aromatic rings. The van der Waals surface area contributed by atoms with Crippen LogP contribution in [0.15, 0.2) is 79.0 Å². The number of pyridine rings is 1. The summed E-state index contributed by atoms with van der Waals surface area (Å²) in [5.74, 6) is -0.541. The van der Waals surface area contributed by atoms with Crippen LogP contribution >= 0.6 is 0 Å². The average molecular weight is 732 g/mol. The van der Waals surface area contributed by atoms with E-state index < -0.39 is 53.4 Å². The number of amides is 3. The fourth-order valence-corrected chi connectivity index (χ4v) is 6.38. The van der Waals surface area contributed by atoms with E-state index in [2.05, 4.69) is 21.0 Å². The van der Waals surface area contributed by atoms with Gasteiger partial charge in [-0.15, -0.1) is 0 Å². The summed E-state index contributed by atoms with van der Waals surface area (Å²) >= 11 is 0. The number of rotatable bonds is 13. The van der Waals surface area contributed by atoms with Gasteiger partial charge in [0.05, 0.1) is 37.0 Å². The van der Waals surface area contributed by atoms with Crippen LogP contribution in [-0.2, 0) is 36.7 Å². The molecule has 2 aliphatic heterocycles. The molecule has 0 bridgehead atoms. The van der Waals surface area contributed by atoms with Crippen LogP contribution in [0.2, 0.25) is 0 Å². The predicted molar refractivity (Wildman–Crippen MR) is 198 cm³/mol. The van der Waals surface area contributed by atoms with E-state index in [0.29, 0.717) is 13.0 Å². The zero-order valence-electron chi connectivity index (χ0n) is 31.4. The Labute approximate surface area is 311 Å². The highest BCUT2D eigenvalue weighted by molar-refractivity contribution is 5.86. The Balaban J connectivity index is 1.36. The Morgan fingerprint density at radius 2 is 1.62 bits per heavy atom. The van der Waals surface area contributed by atoms with Crippen molar-refractivity contribution in [3.05, 3.63) is 90.1 Å². The van der Waals surface area contributed by atoms with Gasteiger partial charge in [0.2, 0.25) is 0 Å². The number of benzene rings is 2. The summed E-state index contributed by atoms with van der Waals surface area (Å²) in [7, 11) is 0. The van der Waals surface area contributed by atoms with Gasteiger partial charge in [0, 0.05) is 24.8 Å². The molecule has 3 heterocycles. The van der Waals surface area contributed by atoms with Crippen LogP contribution < -0.4 is 16.1 Å². The van der Waals surface area contributed by atoms with Crippen LogP contribution in [0.5, 0.6) is 0 Å². The number of fused-ring (bicyclic) bond motifs is 1. The van der Waals surface area contributed by atoms with Crippen LogP contribution in [0, 0.1) is 11.3 Å². The van der Waals surface area contributed by atoms with Gasteiger partial charge in [-0.3, -0.25) is 15.2 Å². The quantitative estimate of drug-likeness (QED) is 0.177. The van der Waals surface area contributed by atoms with Gasteiger partial charge < -0.3 is 34.7 Å². The molecule has 0 spiro atoms. The Morgan fingerprint density at radius 3 is 2.28 bits per heavy atom. The molecule has 2 saturated heterocycles. The zero-order chi connectivity index (χ0) is 38.2. The summed E-state index contributed by atoms with van der Waals surface area (Å²) in [4.78, 5) is 44.6. The number of aliphatic hydroxyl groups excluding tert-OH is 1. The minimum Gasteiger partial charge on any atom is -0.444 e. The Kier molecular flexibility index (Phi) is 13.1. The van der Waals surface area contributed by atoms with E-state index in [0.717, 1.165) is 28.8 Å². The van der Waals surface area contributed by atoms with Gasteiger partial charge in [-0.2, -0.15) is 0 Å². The molecule has 0 radical (unpaired) electrons. The van der Waals surface area contributed by atoms with E-state index in [-0.39, 0.29) is 31.9 Å². The third-order valence-electron chi connectivity index (χ3n) is 9.06. The fraction of sp³-hybridized carbons (Fsp3) is 0.500. The molecule has 13 heteroatoms. The van der Waals surface area contributed by atoms with Crippen LogP contribution in [-0.4, -0.2) is 89.1 Å². The van der Waals surface area contributed by atoms with Crippen molar-refractivity contribution in [1.82, 2.24) is 26.1 Å². The summed E-state index contributed by atoms with van der Waals surface area (Å²) in [6, 6.07) is 21.1. The third kappa shape index (κ3) is 11.7. The highest BCUT2D eigenvalue weighted by Gasteiger charge is 2.44. The average Bonchev–Trinajstić information content (AvgIpc) is 3.72. The summed E-state index contributed by atoms with van der Waals surface area (Å²) in [5, 5.41) is 19.1. The largest absolute Gasteiger partial charge is 0.444 e. The van der Waals surface area contributed by atoms with Crippen molar-refractivity contribution in [3.8, 4) is 11.3 Å². The van der Waals surface area contributed by atoms with Crippen molar-refractivity contribution < 1.29 is 38.4 Å². The first kappa shape index (κ1) is 39.6. The molecule has 4 N–H and O–H groups in total. The second-order valence-corrected chi connectivity index (χ2v) is 15.7. The van der Waals surface area contributed by atoms with Crippen molar-refractivity contribution in [2.24, 2.45) is 11.3 Å². The van der Waals surface area contributed by atoms with Gasteiger partial charge in [0.1, 0.15) is 17.7 Å². The molecule has 5 rings (SSSR count). The summed E-state index contributed by atoms with van der Waals surface area (Å²) in [6.45, 7) is 11.6. The van der Waals surface area contributed by atoms with Crippen molar-refractivity contribution in [2.45, 2.75) is 97.1 Å². The molecule has 3 amide bonds. The minimum absolute atomic E-state index is 0.0435. The van der Waals surface area contributed by atoms with Crippen molar-refractivity contribution in [1.29, 1.82) is 0 Å². The molecular formula is C40H53N5O8. The number of hydrogen-bond acceptors (Lipinski definition) is 10. The summed E-state index contributed by atoms with van der Waals surface area (Å²) < 4.78 is 22.5. The number of nitrogens with zero attached hydrogens (tertiary/aromatic N) is 2. The summed E-state index contributed by atoms with van der Waals surface area (Å²) in [5.41, 5.74) is 4.96. The van der Waals surface area contributed by atoms with Crippen molar-refractivity contribution in [2.75, 3.05) is 19.8 Å². The molecule has 53 heavy (non-hydrogen) atoms. The first-order valence-corrected chi connectivity index (χ1v) is 18.1. The van der Waals surface area contributed by atoms with Crippen LogP contribution in [0.25, 0.3) is 11.3 Å². The second kappa shape index (κ2) is 17.5. The molecule has 13 nitrogen and oxygen atoms in total. The molecule has 0 saturated carbocycles. The van der Waals surface area contributed by atoms with E-state index in [1.807, 2.05) is 93.6 Å². The highest BCUT2D eigenvalue weighted by Crippen LogP contribution is 2.33. The lowest BCUT2D eigenvalue weighted by molar-refractivity contribution is -0.131. The number of aliphatic hydroxyl groups is 1. The highest BCUT2D eigenvalue weighted by atomic mass is 16.7. The molecule has 1 aromatic heterocycles. The number of hydrazine groups is 1. The van der Waals surface area contributed by atoms with Gasteiger partial charge in [0.15, 0.2) is 6.29 Å². The topological polar surface area (TPSA) is 161 Å². The Morgan fingerprint density at radius 1 is 0.906 bits per heavy atom. The lowest BCUT2D eigenvalue weighted by atomic mass is 9.86. The fourth-order valence-electron chi connectivity index (χ4n) is 6.38. The zero-order valence-corrected chi connectivity index (χ0v) is 31.4. The molecule has 2 fully saturated rings. The summed E-state index contributed by atoms with van der Waals surface area (Å²) in [6.07, 6.45) is -0.669. The van der Waals surface area contributed by atoms with E-state index in [1.165, 1.54) is 0 Å². The first-order valence-electron chi connectivity index (χ1n) is 18.1. The maximum atomic E-state index is 14.0. The van der Waals surface area contributed by atoms with Crippen molar-refractivity contribution >= 4 is 18.1 Å². The van der Waals surface area contributed by atoms with E-state index in [9.17, 15) is 19.5 Å². The lowest BCUT2D eigenvalue weighted by Crippen LogP contribution is -2.59. The number of aromatic nitrogens is 1. The SMILES string of the molecule is CC(C)(C)OC(=O)NC(C(=O)NN(Cc1ccc(-c2ccccn2)cc1)CC(O)C(Cc1ccccc1)NC(=O)OC1COC2OCCC12)C(C)(C)C. The maximum Gasteiger partial charge on any atom is 0.408 e. The van der Waals surface area contributed by atoms with Gasteiger partial charge in [-0.05, 0) is 62.3 Å². The van der Waals surface area contributed by atoms with Crippen LogP contribution in [0.3, 0.4) is 0 Å². The molecular weight excluding hydrogens is 678 g/mol. The second-order valence-electron chi connectivity index (χ2n) is 15.7. The number of hydrogen-bond donors (Lipinski definition) is 4. The molecule has 2 aliphatic rings. The number of alkyl carbamates (subject to hydrolysis) is 2. The Bertz CT molecular complexity index is 1650. The number of ether oxygens (including phenoxy) is 4. The van der Waals surface area contributed by atoms with Crippen molar-refractivity contribution in [3.63, 3.8) is 0 Å². The monoisotopic (exact) mass is 731 g/mol. The van der Waals surface area contributed by atoms with Gasteiger partial charge in [-0.1, -0.05) is 81.4 Å². The third-order valence-corrected chi connectivity index (χ3v) is 9.06. The van der Waals surface area contributed by atoms with E-state index in [4.69, 9.17) is 18.9 Å². The molecule has 6 unspecified atom stereocenters. The molecule has 286 valence electrons. The lowest BCUT2D eigenvalue weighted by Gasteiger charge is -2.35. The number of nitrogens with one attached hydrogen (secondary N) is 3. The van der Waals surface area contributed by atoms with E-state index >= 15 is 0 Å².